The number of carbonyl (C=O) groups is 1. The van der Waals surface area contributed by atoms with E-state index in [4.69, 9.17) is 0 Å². The normalized spacial score (nSPS) is 16.5. The zero-order valence-electron chi connectivity index (χ0n) is 15.0. The lowest BCUT2D eigenvalue weighted by Gasteiger charge is -2.37. The molecule has 0 radical (unpaired) electrons. The molecule has 2 aromatic heterocycles. The first kappa shape index (κ1) is 16.5. The first-order chi connectivity index (χ1) is 12.7. The molecule has 0 saturated heterocycles. The minimum absolute atomic E-state index is 0.00150. The van der Waals surface area contributed by atoms with Crippen molar-refractivity contribution in [3.05, 3.63) is 53.5 Å². The topological polar surface area (TPSA) is 75.4 Å². The molecule has 7 heteroatoms. The molecule has 1 aliphatic rings. The predicted octanol–water partition coefficient (Wildman–Crippen LogP) is 1.75. The Morgan fingerprint density at radius 3 is 2.88 bits per heavy atom. The molecule has 4 rings (SSSR count). The van der Waals surface area contributed by atoms with Crippen molar-refractivity contribution in [3.8, 4) is 0 Å². The number of fused-ring (bicyclic) bond motifs is 2. The Labute approximate surface area is 152 Å². The van der Waals surface area contributed by atoms with Crippen LogP contribution in [-0.4, -0.2) is 38.6 Å². The van der Waals surface area contributed by atoms with Crippen LogP contribution in [0.4, 0.5) is 5.82 Å². The maximum absolute atomic E-state index is 12.6. The van der Waals surface area contributed by atoms with Gasteiger partial charge in [-0.1, -0.05) is 37.6 Å². The molecular formula is C19H22N6O. The molecule has 1 amide bonds. The maximum Gasteiger partial charge on any atom is 0.254 e. The van der Waals surface area contributed by atoms with Crippen molar-refractivity contribution >= 4 is 17.5 Å². The highest BCUT2D eigenvalue weighted by Crippen LogP contribution is 2.29. The Hall–Kier alpha value is -2.96. The minimum Gasteiger partial charge on any atom is -0.357 e. The van der Waals surface area contributed by atoms with Crippen LogP contribution in [-0.2, 0) is 24.2 Å². The molecule has 7 nitrogen and oxygen atoms in total. The Kier molecular flexibility index (Phi) is 4.28. The quantitative estimate of drug-likeness (QED) is 0.776. The lowest BCUT2D eigenvalue weighted by Crippen LogP contribution is -2.50. The maximum atomic E-state index is 12.6. The van der Waals surface area contributed by atoms with E-state index in [1.165, 1.54) is 17.5 Å². The molecule has 1 aromatic carbocycles. The number of anilines is 1. The first-order valence-corrected chi connectivity index (χ1v) is 8.96. The lowest BCUT2D eigenvalue weighted by atomic mass is 9.93. The second-order valence-corrected chi connectivity index (χ2v) is 6.56. The van der Waals surface area contributed by atoms with Crippen LogP contribution in [0.5, 0.6) is 0 Å². The van der Waals surface area contributed by atoms with Gasteiger partial charge in [-0.2, -0.15) is 14.6 Å². The number of amides is 1. The van der Waals surface area contributed by atoms with Gasteiger partial charge in [0.15, 0.2) is 0 Å². The number of benzene rings is 1. The number of likely N-dealkylation sites (N-methyl/N-ethyl adjacent to an activating group) is 1. The van der Waals surface area contributed by atoms with Gasteiger partial charge < -0.3 is 10.2 Å². The van der Waals surface area contributed by atoms with Crippen LogP contribution >= 0.6 is 0 Å². The van der Waals surface area contributed by atoms with E-state index in [1.807, 2.05) is 18.2 Å². The Balaban J connectivity index is 1.85. The molecule has 1 aliphatic heterocycles. The number of carbonyl (C=O) groups excluding carboxylic acids is 1. The van der Waals surface area contributed by atoms with Crippen LogP contribution in [0.3, 0.4) is 0 Å². The summed E-state index contributed by atoms with van der Waals surface area (Å²) in [5.41, 5.74) is 3.42. The van der Waals surface area contributed by atoms with Crippen molar-refractivity contribution in [2.24, 2.45) is 0 Å². The van der Waals surface area contributed by atoms with Gasteiger partial charge in [0.05, 0.1) is 0 Å². The third kappa shape index (κ3) is 2.79. The average molecular weight is 350 g/mol. The SMILES string of the molecule is CCCc1cc(N2Cc3ccccc3C[C@H]2C(=O)NC)n2ncnc2n1. The lowest BCUT2D eigenvalue weighted by molar-refractivity contribution is -0.122. The van der Waals surface area contributed by atoms with E-state index >= 15 is 0 Å². The van der Waals surface area contributed by atoms with Gasteiger partial charge in [0.25, 0.3) is 5.78 Å². The predicted molar refractivity (Wildman–Crippen MR) is 99.0 cm³/mol. The number of hydrogen-bond donors (Lipinski definition) is 1. The second kappa shape index (κ2) is 6.74. The third-order valence-electron chi connectivity index (χ3n) is 4.88. The standard InChI is InChI=1S/C19H22N6O/c1-3-6-15-10-17(25-19(23-15)21-12-22-25)24-11-14-8-5-4-7-13(14)9-16(24)18(26)20-2/h4-5,7-8,10,12,16H,3,6,9,11H2,1-2H3,(H,20,26)/t16-/m0/s1. The van der Waals surface area contributed by atoms with E-state index in [2.05, 4.69) is 44.3 Å². The van der Waals surface area contributed by atoms with Crippen LogP contribution < -0.4 is 10.2 Å². The highest BCUT2D eigenvalue weighted by Gasteiger charge is 2.33. The van der Waals surface area contributed by atoms with Crippen molar-refractivity contribution in [1.29, 1.82) is 0 Å². The van der Waals surface area contributed by atoms with Gasteiger partial charge in [0.2, 0.25) is 5.91 Å². The summed E-state index contributed by atoms with van der Waals surface area (Å²) in [6.45, 7) is 2.78. The van der Waals surface area contributed by atoms with Gasteiger partial charge in [-0.15, -0.1) is 0 Å². The van der Waals surface area contributed by atoms with Gasteiger partial charge in [-0.3, -0.25) is 4.79 Å². The van der Waals surface area contributed by atoms with E-state index in [9.17, 15) is 4.79 Å². The molecule has 0 fully saturated rings. The fourth-order valence-electron chi connectivity index (χ4n) is 3.60. The molecule has 0 saturated carbocycles. The summed E-state index contributed by atoms with van der Waals surface area (Å²) in [4.78, 5) is 23.6. The smallest absolute Gasteiger partial charge is 0.254 e. The number of aromatic nitrogens is 4. The monoisotopic (exact) mass is 350 g/mol. The summed E-state index contributed by atoms with van der Waals surface area (Å²) in [6.07, 6.45) is 4.04. The van der Waals surface area contributed by atoms with Crippen molar-refractivity contribution in [2.75, 3.05) is 11.9 Å². The fourth-order valence-corrected chi connectivity index (χ4v) is 3.60. The van der Waals surface area contributed by atoms with Crippen molar-refractivity contribution in [2.45, 2.75) is 38.8 Å². The van der Waals surface area contributed by atoms with Gasteiger partial charge in [-0.05, 0) is 17.5 Å². The Bertz CT molecular complexity index is 950. The van der Waals surface area contributed by atoms with Crippen LogP contribution in [0, 0.1) is 0 Å². The molecule has 0 bridgehead atoms. The summed E-state index contributed by atoms with van der Waals surface area (Å²) >= 11 is 0. The first-order valence-electron chi connectivity index (χ1n) is 8.96. The van der Waals surface area contributed by atoms with Gasteiger partial charge in [-0.25, -0.2) is 4.98 Å². The Morgan fingerprint density at radius 1 is 1.31 bits per heavy atom. The van der Waals surface area contributed by atoms with Crippen LogP contribution in [0.1, 0.15) is 30.2 Å². The molecular weight excluding hydrogens is 328 g/mol. The third-order valence-corrected chi connectivity index (χ3v) is 4.88. The number of rotatable bonds is 4. The molecule has 3 aromatic rings. The summed E-state index contributed by atoms with van der Waals surface area (Å²) in [6, 6.07) is 10.0. The number of nitrogens with one attached hydrogen (secondary N) is 1. The van der Waals surface area contributed by atoms with E-state index in [1.54, 1.807) is 11.6 Å². The largest absolute Gasteiger partial charge is 0.357 e. The average Bonchev–Trinajstić information content (AvgIpc) is 3.14. The van der Waals surface area contributed by atoms with E-state index in [-0.39, 0.29) is 11.9 Å². The minimum atomic E-state index is -0.292. The fraction of sp³-hybridized carbons (Fsp3) is 0.368. The summed E-state index contributed by atoms with van der Waals surface area (Å²) in [5, 5.41) is 7.15. The van der Waals surface area contributed by atoms with Crippen molar-refractivity contribution in [1.82, 2.24) is 24.9 Å². The Morgan fingerprint density at radius 2 is 2.12 bits per heavy atom. The number of aryl methyl sites for hydroxylation is 1. The van der Waals surface area contributed by atoms with Gasteiger partial charge in [0.1, 0.15) is 18.2 Å². The second-order valence-electron chi connectivity index (χ2n) is 6.56. The molecule has 1 atom stereocenters. The van der Waals surface area contributed by atoms with Gasteiger partial charge >= 0.3 is 0 Å². The zero-order chi connectivity index (χ0) is 18.1. The molecule has 134 valence electrons. The molecule has 3 heterocycles. The summed E-state index contributed by atoms with van der Waals surface area (Å²) in [5.74, 6) is 1.43. The number of hydrogen-bond acceptors (Lipinski definition) is 5. The molecule has 0 aliphatic carbocycles. The van der Waals surface area contributed by atoms with Crippen molar-refractivity contribution < 1.29 is 4.79 Å². The highest BCUT2D eigenvalue weighted by molar-refractivity contribution is 5.85. The zero-order valence-corrected chi connectivity index (χ0v) is 15.0. The van der Waals surface area contributed by atoms with E-state index in [0.29, 0.717) is 18.7 Å². The van der Waals surface area contributed by atoms with Crippen LogP contribution in [0.25, 0.3) is 5.78 Å². The van der Waals surface area contributed by atoms with Crippen LogP contribution in [0.15, 0.2) is 36.7 Å². The van der Waals surface area contributed by atoms with E-state index < -0.39 is 0 Å². The highest BCUT2D eigenvalue weighted by atomic mass is 16.2. The molecule has 0 spiro atoms. The van der Waals surface area contributed by atoms with E-state index in [0.717, 1.165) is 24.4 Å². The molecule has 0 unspecified atom stereocenters. The summed E-state index contributed by atoms with van der Waals surface area (Å²) < 4.78 is 1.73. The molecule has 26 heavy (non-hydrogen) atoms. The number of nitrogens with zero attached hydrogens (tertiary/aromatic N) is 5. The molecule has 1 N–H and O–H groups in total. The van der Waals surface area contributed by atoms with Crippen LogP contribution in [0.2, 0.25) is 0 Å². The van der Waals surface area contributed by atoms with Gasteiger partial charge in [0, 0.05) is 31.8 Å². The van der Waals surface area contributed by atoms with Crippen molar-refractivity contribution in [3.63, 3.8) is 0 Å². The summed E-state index contributed by atoms with van der Waals surface area (Å²) in [7, 11) is 1.68.